The van der Waals surface area contributed by atoms with Gasteiger partial charge in [-0.25, -0.2) is 4.98 Å². The number of nitrogens with two attached hydrogens (primary N) is 1. The first-order chi connectivity index (χ1) is 7.13. The molecule has 0 amide bonds. The van der Waals surface area contributed by atoms with Gasteiger partial charge in [-0.15, -0.1) is 0 Å². The Hall–Kier alpha value is -1.76. The van der Waals surface area contributed by atoms with Gasteiger partial charge in [-0.2, -0.15) is 10.1 Å². The van der Waals surface area contributed by atoms with E-state index in [2.05, 4.69) is 25.3 Å². The molecule has 7 nitrogen and oxygen atoms in total. The Morgan fingerprint density at radius 2 is 2.33 bits per heavy atom. The van der Waals surface area contributed by atoms with E-state index in [9.17, 15) is 0 Å². The zero-order chi connectivity index (χ0) is 10.9. The van der Waals surface area contributed by atoms with Gasteiger partial charge in [0, 0.05) is 6.54 Å². The largest absolute Gasteiger partial charge is 0.338 e. The van der Waals surface area contributed by atoms with Crippen molar-refractivity contribution in [2.75, 3.05) is 6.54 Å². The lowest BCUT2D eigenvalue weighted by molar-refractivity contribution is 0.311. The molecule has 0 aliphatic rings. The van der Waals surface area contributed by atoms with Crippen molar-refractivity contribution in [1.82, 2.24) is 25.3 Å². The van der Waals surface area contributed by atoms with Crippen molar-refractivity contribution < 1.29 is 4.52 Å². The van der Waals surface area contributed by atoms with Crippen LogP contribution in [0.2, 0.25) is 0 Å². The summed E-state index contributed by atoms with van der Waals surface area (Å²) in [7, 11) is 0. The number of aromatic amines is 1. The molecular weight excluding hydrogens is 196 g/mol. The van der Waals surface area contributed by atoms with E-state index >= 15 is 0 Å². The van der Waals surface area contributed by atoms with Crippen LogP contribution < -0.4 is 5.73 Å². The molecule has 0 aliphatic carbocycles. The summed E-state index contributed by atoms with van der Waals surface area (Å²) in [4.78, 5) is 8.13. The Morgan fingerprint density at radius 1 is 1.53 bits per heavy atom. The summed E-state index contributed by atoms with van der Waals surface area (Å²) in [6, 6.07) is 0. The van der Waals surface area contributed by atoms with Gasteiger partial charge in [-0.05, 0) is 13.8 Å². The van der Waals surface area contributed by atoms with Crippen LogP contribution in [0, 0.1) is 0 Å². The maximum atomic E-state index is 5.60. The molecule has 2 rings (SSSR count). The predicted molar refractivity (Wildman–Crippen MR) is 51.8 cm³/mol. The summed E-state index contributed by atoms with van der Waals surface area (Å²) in [6.07, 6.45) is 1.39. The van der Waals surface area contributed by atoms with Crippen molar-refractivity contribution in [2.45, 2.75) is 19.3 Å². The number of nitrogens with zero attached hydrogens (tertiary/aromatic N) is 4. The first-order valence-electron chi connectivity index (χ1n) is 4.53. The third-order valence-electron chi connectivity index (χ3n) is 2.14. The van der Waals surface area contributed by atoms with Gasteiger partial charge in [-0.1, -0.05) is 5.16 Å². The van der Waals surface area contributed by atoms with E-state index in [1.54, 1.807) is 0 Å². The Bertz CT molecular complexity index is 432. The second-order valence-corrected chi connectivity index (χ2v) is 3.85. The van der Waals surface area contributed by atoms with Crippen LogP contribution in [0.5, 0.6) is 0 Å². The van der Waals surface area contributed by atoms with Crippen molar-refractivity contribution in [1.29, 1.82) is 0 Å². The smallest absolute Gasteiger partial charge is 0.239 e. The third-order valence-corrected chi connectivity index (χ3v) is 2.14. The Labute approximate surface area is 86.1 Å². The molecule has 0 saturated heterocycles. The highest BCUT2D eigenvalue weighted by molar-refractivity contribution is 5.40. The number of hydrogen-bond acceptors (Lipinski definition) is 6. The van der Waals surface area contributed by atoms with Crippen LogP contribution in [0.25, 0.3) is 11.6 Å². The molecule has 0 unspecified atom stereocenters. The zero-order valence-corrected chi connectivity index (χ0v) is 8.56. The summed E-state index contributed by atoms with van der Waals surface area (Å²) in [5, 5.41) is 10.2. The first kappa shape index (κ1) is 9.78. The SMILES string of the molecule is CC(C)(CN)c1nc(-c2ncn[nH]2)no1. The van der Waals surface area contributed by atoms with Gasteiger partial charge in [0.2, 0.25) is 11.7 Å². The van der Waals surface area contributed by atoms with Crippen molar-refractivity contribution in [3.63, 3.8) is 0 Å². The Kier molecular flexibility index (Phi) is 2.24. The van der Waals surface area contributed by atoms with Crippen LogP contribution in [0.4, 0.5) is 0 Å². The standard InChI is InChI=1S/C8H12N6O/c1-8(2,3-9)7-12-6(14-15-7)5-10-4-11-13-5/h4H,3,9H2,1-2H3,(H,10,11,13). The van der Waals surface area contributed by atoms with Crippen LogP contribution in [0.3, 0.4) is 0 Å². The van der Waals surface area contributed by atoms with Gasteiger partial charge >= 0.3 is 0 Å². The molecule has 0 atom stereocenters. The fraction of sp³-hybridized carbons (Fsp3) is 0.500. The molecule has 3 N–H and O–H groups in total. The average molecular weight is 208 g/mol. The Morgan fingerprint density at radius 3 is 2.93 bits per heavy atom. The van der Waals surface area contributed by atoms with E-state index < -0.39 is 0 Å². The van der Waals surface area contributed by atoms with Gasteiger partial charge in [0.05, 0.1) is 5.41 Å². The second-order valence-electron chi connectivity index (χ2n) is 3.85. The minimum absolute atomic E-state index is 0.328. The van der Waals surface area contributed by atoms with E-state index in [0.717, 1.165) is 0 Å². The summed E-state index contributed by atoms with van der Waals surface area (Å²) in [6.45, 7) is 4.31. The quantitative estimate of drug-likeness (QED) is 0.740. The molecule has 0 fully saturated rings. The van der Waals surface area contributed by atoms with Gasteiger partial charge in [0.1, 0.15) is 6.33 Å². The lowest BCUT2D eigenvalue weighted by Crippen LogP contribution is -2.28. The monoisotopic (exact) mass is 208 g/mol. The molecule has 0 aliphatic heterocycles. The minimum atomic E-state index is -0.328. The van der Waals surface area contributed by atoms with Gasteiger partial charge in [0.25, 0.3) is 0 Å². The average Bonchev–Trinajstić information content (AvgIpc) is 2.88. The van der Waals surface area contributed by atoms with E-state index in [-0.39, 0.29) is 5.41 Å². The number of nitrogens with one attached hydrogen (secondary N) is 1. The molecule has 0 radical (unpaired) electrons. The lowest BCUT2D eigenvalue weighted by Gasteiger charge is -2.15. The molecule has 15 heavy (non-hydrogen) atoms. The molecule has 0 saturated carbocycles. The van der Waals surface area contributed by atoms with Crippen LogP contribution in [0.15, 0.2) is 10.9 Å². The lowest BCUT2D eigenvalue weighted by atomic mass is 9.94. The van der Waals surface area contributed by atoms with Crippen molar-refractivity contribution >= 4 is 0 Å². The second kappa shape index (κ2) is 3.43. The fourth-order valence-corrected chi connectivity index (χ4v) is 0.995. The fourth-order valence-electron chi connectivity index (χ4n) is 0.995. The maximum absolute atomic E-state index is 5.60. The highest BCUT2D eigenvalue weighted by Crippen LogP contribution is 2.21. The van der Waals surface area contributed by atoms with Crippen molar-refractivity contribution in [3.8, 4) is 11.6 Å². The number of aromatic nitrogens is 5. The normalized spacial score (nSPS) is 11.9. The highest BCUT2D eigenvalue weighted by Gasteiger charge is 2.26. The van der Waals surface area contributed by atoms with E-state index in [1.807, 2.05) is 13.8 Å². The number of rotatable bonds is 3. The third kappa shape index (κ3) is 1.73. The molecule has 0 spiro atoms. The molecule has 2 aromatic heterocycles. The maximum Gasteiger partial charge on any atom is 0.239 e. The molecular formula is C8H12N6O. The van der Waals surface area contributed by atoms with Gasteiger partial charge in [0.15, 0.2) is 5.82 Å². The van der Waals surface area contributed by atoms with Crippen molar-refractivity contribution in [2.24, 2.45) is 5.73 Å². The van der Waals surface area contributed by atoms with Crippen LogP contribution in [0.1, 0.15) is 19.7 Å². The van der Waals surface area contributed by atoms with Crippen molar-refractivity contribution in [3.05, 3.63) is 12.2 Å². The van der Waals surface area contributed by atoms with Gasteiger partial charge in [-0.3, -0.25) is 5.10 Å². The first-order valence-corrected chi connectivity index (χ1v) is 4.53. The molecule has 0 bridgehead atoms. The summed E-state index contributed by atoms with van der Waals surface area (Å²) in [5.74, 6) is 1.37. The highest BCUT2D eigenvalue weighted by atomic mass is 16.5. The number of hydrogen-bond donors (Lipinski definition) is 2. The molecule has 0 aromatic carbocycles. The van der Waals surface area contributed by atoms with E-state index in [4.69, 9.17) is 10.3 Å². The Balaban J connectivity index is 2.33. The van der Waals surface area contributed by atoms with Gasteiger partial charge < -0.3 is 10.3 Å². The van der Waals surface area contributed by atoms with E-state index in [1.165, 1.54) is 6.33 Å². The molecule has 7 heteroatoms. The van der Waals surface area contributed by atoms with Crippen LogP contribution in [-0.4, -0.2) is 31.9 Å². The van der Waals surface area contributed by atoms with Crippen LogP contribution >= 0.6 is 0 Å². The number of H-pyrrole nitrogens is 1. The summed E-state index contributed by atoms with van der Waals surface area (Å²) < 4.78 is 5.12. The van der Waals surface area contributed by atoms with Crippen LogP contribution in [-0.2, 0) is 5.41 Å². The van der Waals surface area contributed by atoms with E-state index in [0.29, 0.717) is 24.1 Å². The molecule has 80 valence electrons. The molecule has 2 heterocycles. The minimum Gasteiger partial charge on any atom is -0.338 e. The predicted octanol–water partition coefficient (Wildman–Crippen LogP) is 0.0910. The summed E-state index contributed by atoms with van der Waals surface area (Å²) >= 11 is 0. The topological polar surface area (TPSA) is 107 Å². The molecule has 2 aromatic rings. The zero-order valence-electron chi connectivity index (χ0n) is 8.56. The summed E-state index contributed by atoms with van der Waals surface area (Å²) in [5.41, 5.74) is 5.27.